The third kappa shape index (κ3) is 5.98. The second kappa shape index (κ2) is 12.9. The van der Waals surface area contributed by atoms with E-state index in [2.05, 4.69) is 10.3 Å². The van der Waals surface area contributed by atoms with Gasteiger partial charge in [-0.05, 0) is 62.3 Å². The Bertz CT molecular complexity index is 1780. The van der Waals surface area contributed by atoms with Crippen LogP contribution in [0.3, 0.4) is 0 Å². The number of Topliss-reactive ketones (excluding diaryl/α,β-unsaturated/α-hetero) is 1. The Morgan fingerprint density at radius 3 is 1.93 bits per heavy atom. The zero-order chi connectivity index (χ0) is 31.8. The monoisotopic (exact) mass is 657 g/mol. The maximum Gasteiger partial charge on any atom is 0.237 e. The summed E-state index contributed by atoms with van der Waals surface area (Å²) in [6, 6.07) is 11.6. The summed E-state index contributed by atoms with van der Waals surface area (Å²) in [5.74, 6) is 2.65. The highest BCUT2D eigenvalue weighted by molar-refractivity contribution is 6.39. The lowest BCUT2D eigenvalue weighted by Gasteiger charge is -2.62. The molecule has 1 N–H and O–H groups in total. The van der Waals surface area contributed by atoms with Gasteiger partial charge in [-0.25, -0.2) is 9.97 Å². The van der Waals surface area contributed by atoms with Crippen molar-refractivity contribution in [3.63, 3.8) is 0 Å². The van der Waals surface area contributed by atoms with Crippen molar-refractivity contribution in [2.24, 2.45) is 17.3 Å². The number of ketones is 1. The molecule has 4 aliphatic rings. The number of hydrogen-bond donors (Lipinski definition) is 1. The van der Waals surface area contributed by atoms with Gasteiger partial charge in [0, 0.05) is 41.6 Å². The van der Waals surface area contributed by atoms with Crippen LogP contribution in [0, 0.1) is 17.3 Å². The molecule has 0 amide bonds. The van der Waals surface area contributed by atoms with Crippen molar-refractivity contribution < 1.29 is 14.3 Å². The molecule has 0 unspecified atom stereocenters. The van der Waals surface area contributed by atoms with Crippen molar-refractivity contribution in [2.75, 3.05) is 20.8 Å². The molecule has 4 aliphatic carbocycles. The van der Waals surface area contributed by atoms with Crippen LogP contribution in [0.5, 0.6) is 11.8 Å². The van der Waals surface area contributed by atoms with Crippen molar-refractivity contribution >= 4 is 29.0 Å². The molecule has 0 saturated heterocycles. The highest BCUT2D eigenvalue weighted by Gasteiger charge is 2.55. The molecule has 2 bridgehead atoms. The highest BCUT2D eigenvalue weighted by atomic mass is 35.5. The molecule has 8 nitrogen and oxygen atoms in total. The molecular weight excluding hydrogens is 621 g/mol. The summed E-state index contributed by atoms with van der Waals surface area (Å²) < 4.78 is 11.3. The van der Waals surface area contributed by atoms with Crippen molar-refractivity contribution in [2.45, 2.75) is 57.9 Å². The van der Waals surface area contributed by atoms with Gasteiger partial charge < -0.3 is 14.8 Å². The van der Waals surface area contributed by atoms with Crippen LogP contribution in [-0.4, -0.2) is 46.5 Å². The Balaban J connectivity index is 1.12. The number of nitrogens with zero attached hydrogens (tertiary/aromatic N) is 4. The van der Waals surface area contributed by atoms with Gasteiger partial charge in [-0.15, -0.1) is 0 Å². The number of rotatable bonds is 12. The lowest BCUT2D eigenvalue weighted by Crippen LogP contribution is -2.51. The van der Waals surface area contributed by atoms with Crippen LogP contribution >= 0.6 is 23.2 Å². The molecule has 2 aromatic heterocycles. The summed E-state index contributed by atoms with van der Waals surface area (Å²) in [6.07, 6.45) is 11.8. The molecule has 238 valence electrons. The number of aromatic nitrogens is 4. The first-order valence-corrected chi connectivity index (χ1v) is 16.7. The number of halogens is 2. The zero-order valence-electron chi connectivity index (χ0n) is 26.1. The summed E-state index contributed by atoms with van der Waals surface area (Å²) in [5, 5.41) is 4.42. The molecule has 2 heterocycles. The normalized spacial score (nSPS) is 21.5. The fraction of sp³-hybridized carbons (Fsp3) is 0.417. The third-order valence-electron chi connectivity index (χ3n) is 9.98. The molecule has 4 saturated carbocycles. The predicted octanol–water partition coefficient (Wildman–Crippen LogP) is 7.78. The van der Waals surface area contributed by atoms with E-state index in [1.54, 1.807) is 26.6 Å². The first kappa shape index (κ1) is 31.0. The fourth-order valence-corrected chi connectivity index (χ4v) is 8.01. The molecule has 0 radical (unpaired) electrons. The van der Waals surface area contributed by atoms with E-state index < -0.39 is 0 Å². The van der Waals surface area contributed by atoms with Gasteiger partial charge in [0.05, 0.1) is 48.0 Å². The van der Waals surface area contributed by atoms with Gasteiger partial charge in [-0.3, -0.25) is 14.8 Å². The van der Waals surface area contributed by atoms with Gasteiger partial charge in [-0.2, -0.15) is 0 Å². The number of methoxy groups -OCH3 is 2. The first-order valence-electron chi connectivity index (χ1n) is 16.0. The number of ether oxygens (including phenoxy) is 2. The van der Waals surface area contributed by atoms with Gasteiger partial charge >= 0.3 is 0 Å². The lowest BCUT2D eigenvalue weighted by molar-refractivity contribution is -0.117. The van der Waals surface area contributed by atoms with E-state index in [0.29, 0.717) is 81.0 Å². The maximum atomic E-state index is 11.6. The molecule has 46 heavy (non-hydrogen) atoms. The molecule has 10 heteroatoms. The van der Waals surface area contributed by atoms with E-state index in [-0.39, 0.29) is 0 Å². The number of carbonyl (C=O) groups excluding carboxylic acids is 1. The highest BCUT2D eigenvalue weighted by Crippen LogP contribution is 2.66. The van der Waals surface area contributed by atoms with E-state index >= 15 is 0 Å². The van der Waals surface area contributed by atoms with E-state index in [9.17, 15) is 4.79 Å². The average molecular weight is 659 g/mol. The minimum atomic E-state index is 0.341. The molecule has 4 aromatic rings. The maximum absolute atomic E-state index is 11.6. The van der Waals surface area contributed by atoms with Crippen LogP contribution in [0.25, 0.3) is 33.6 Å². The summed E-state index contributed by atoms with van der Waals surface area (Å²) in [6.45, 7) is 1.25. The number of nitrogens with one attached hydrogen (secondary N) is 1. The number of carbonyl (C=O) groups is 1. The Morgan fingerprint density at radius 1 is 0.848 bits per heavy atom. The van der Waals surface area contributed by atoms with Crippen LogP contribution in [0.2, 0.25) is 10.0 Å². The van der Waals surface area contributed by atoms with Crippen molar-refractivity contribution in [3.8, 4) is 45.4 Å². The fourth-order valence-electron chi connectivity index (χ4n) is 7.36. The summed E-state index contributed by atoms with van der Waals surface area (Å²) >= 11 is 14.1. The summed E-state index contributed by atoms with van der Waals surface area (Å²) in [7, 11) is 3.22. The lowest BCUT2D eigenvalue weighted by atomic mass is 9.43. The molecule has 2 aromatic carbocycles. The van der Waals surface area contributed by atoms with E-state index in [4.69, 9.17) is 47.6 Å². The minimum Gasteiger partial charge on any atom is -0.480 e. The SMILES string of the molecule is COc1nc(-c2cccc(-c3cccc(-c4cnc(CNC[C@@H]5CCC(=O)C5)c(OC)n4)c3Cl)c2Cl)cnc1CCC12CC(C1)C2. The second-order valence-electron chi connectivity index (χ2n) is 13.0. The Labute approximate surface area is 279 Å². The molecule has 4 fully saturated rings. The van der Waals surface area contributed by atoms with Crippen LogP contribution in [0.15, 0.2) is 48.8 Å². The first-order chi connectivity index (χ1) is 22.4. The quantitative estimate of drug-likeness (QED) is 0.165. The second-order valence-corrected chi connectivity index (χ2v) is 13.8. The zero-order valence-corrected chi connectivity index (χ0v) is 27.6. The van der Waals surface area contributed by atoms with Crippen LogP contribution in [0.4, 0.5) is 0 Å². The number of hydrogen-bond acceptors (Lipinski definition) is 8. The van der Waals surface area contributed by atoms with Gasteiger partial charge in [0.2, 0.25) is 11.8 Å². The standard InChI is InChI=1S/C36H37Cl2N5O3/c1-45-34-28(11-12-36-14-22(15-36)16-36)40-19-29(42-34)26-7-3-5-24(32(26)37)25-6-4-8-27(33(25)38)30-20-41-31(35(43-30)46-2)18-39-17-21-9-10-23(44)13-21/h3-8,19-22,39H,9-18H2,1-2H3/t21-,22?,36?/m1/s1. The van der Waals surface area contributed by atoms with E-state index in [1.807, 2.05) is 36.4 Å². The van der Waals surface area contributed by atoms with Crippen molar-refractivity contribution in [1.82, 2.24) is 25.3 Å². The largest absolute Gasteiger partial charge is 0.480 e. The number of benzene rings is 2. The Kier molecular flexibility index (Phi) is 8.70. The Morgan fingerprint density at radius 2 is 1.41 bits per heavy atom. The van der Waals surface area contributed by atoms with Gasteiger partial charge in [0.1, 0.15) is 17.2 Å². The third-order valence-corrected chi connectivity index (χ3v) is 10.8. The number of aryl methyl sites for hydroxylation is 1. The molecule has 0 spiro atoms. The minimum absolute atomic E-state index is 0.341. The summed E-state index contributed by atoms with van der Waals surface area (Å²) in [5.41, 5.74) is 6.35. The van der Waals surface area contributed by atoms with Crippen LogP contribution in [0.1, 0.15) is 56.3 Å². The Hall–Kier alpha value is -3.59. The van der Waals surface area contributed by atoms with Gasteiger partial charge in [0.15, 0.2) is 0 Å². The smallest absolute Gasteiger partial charge is 0.237 e. The van der Waals surface area contributed by atoms with E-state index in [1.165, 1.54) is 19.3 Å². The summed E-state index contributed by atoms with van der Waals surface area (Å²) in [4.78, 5) is 30.6. The average Bonchev–Trinajstić information content (AvgIpc) is 3.45. The molecule has 0 aliphatic heterocycles. The van der Waals surface area contributed by atoms with E-state index in [0.717, 1.165) is 54.1 Å². The topological polar surface area (TPSA) is 99.1 Å². The van der Waals surface area contributed by atoms with Gasteiger partial charge in [-0.1, -0.05) is 59.6 Å². The van der Waals surface area contributed by atoms with Crippen LogP contribution in [-0.2, 0) is 17.8 Å². The molecule has 8 rings (SSSR count). The molecule has 1 atom stereocenters. The predicted molar refractivity (Wildman–Crippen MR) is 179 cm³/mol. The molecular formula is C36H37Cl2N5O3. The van der Waals surface area contributed by atoms with Gasteiger partial charge in [0.25, 0.3) is 0 Å². The van der Waals surface area contributed by atoms with Crippen molar-refractivity contribution in [1.29, 1.82) is 0 Å². The van der Waals surface area contributed by atoms with Crippen molar-refractivity contribution in [3.05, 3.63) is 70.2 Å². The van der Waals surface area contributed by atoms with Crippen LogP contribution < -0.4 is 14.8 Å².